The van der Waals surface area contributed by atoms with Gasteiger partial charge in [0.15, 0.2) is 0 Å². The summed E-state index contributed by atoms with van der Waals surface area (Å²) in [5.74, 6) is -0.169. The van der Waals surface area contributed by atoms with E-state index in [-0.39, 0.29) is 10.1 Å². The minimum atomic E-state index is -3.72. The van der Waals surface area contributed by atoms with Crippen LogP contribution in [0, 0.1) is 0 Å². The summed E-state index contributed by atoms with van der Waals surface area (Å²) in [5.41, 5.74) is 0.924. The molecule has 0 saturated carbocycles. The Bertz CT molecular complexity index is 768. The largest absolute Gasteiger partial charge is 0.341 e. The maximum atomic E-state index is 13.1. The van der Waals surface area contributed by atoms with Crippen molar-refractivity contribution in [3.05, 3.63) is 53.4 Å². The molecular weight excluding hydrogens is 368 g/mol. The monoisotopic (exact) mass is 394 g/mol. The van der Waals surface area contributed by atoms with E-state index < -0.39 is 16.1 Å². The van der Waals surface area contributed by atoms with E-state index in [9.17, 15) is 13.2 Å². The molecule has 1 amide bonds. The van der Waals surface area contributed by atoms with Gasteiger partial charge in [-0.1, -0.05) is 50.2 Å². The van der Waals surface area contributed by atoms with E-state index in [2.05, 4.69) is 4.72 Å². The van der Waals surface area contributed by atoms with Crippen molar-refractivity contribution in [2.24, 2.45) is 0 Å². The standard InChI is InChI=1S/C19H26N2O3S2/c1-3-12-21(13-4-2)19(22)17(15-16-9-6-5-7-10-16)20-26(23,24)18-11-8-14-25-18/h5-11,14,17,20H,3-4,12-13,15H2,1-2H3/t17-/m1/s1. The maximum absolute atomic E-state index is 13.1. The molecule has 1 aromatic heterocycles. The Kier molecular flexibility index (Phi) is 7.81. The highest BCUT2D eigenvalue weighted by molar-refractivity contribution is 7.91. The lowest BCUT2D eigenvalue weighted by molar-refractivity contribution is -0.133. The number of amides is 1. The van der Waals surface area contributed by atoms with Crippen molar-refractivity contribution < 1.29 is 13.2 Å². The van der Waals surface area contributed by atoms with Crippen LogP contribution in [-0.4, -0.2) is 38.4 Å². The Morgan fingerprint density at radius 3 is 2.27 bits per heavy atom. The normalized spacial score (nSPS) is 12.7. The summed E-state index contributed by atoms with van der Waals surface area (Å²) in [6.07, 6.45) is 2.00. The molecule has 1 aromatic carbocycles. The predicted molar refractivity (Wildman–Crippen MR) is 106 cm³/mol. The molecule has 7 heteroatoms. The second-order valence-corrected chi connectivity index (χ2v) is 9.01. The minimum Gasteiger partial charge on any atom is -0.341 e. The van der Waals surface area contributed by atoms with Crippen molar-refractivity contribution in [1.29, 1.82) is 0 Å². The van der Waals surface area contributed by atoms with Gasteiger partial charge in [0.05, 0.1) is 0 Å². The first-order chi connectivity index (χ1) is 12.5. The van der Waals surface area contributed by atoms with E-state index in [0.29, 0.717) is 19.5 Å². The third kappa shape index (κ3) is 5.65. The van der Waals surface area contributed by atoms with Crippen LogP contribution in [-0.2, 0) is 21.2 Å². The van der Waals surface area contributed by atoms with Crippen LogP contribution >= 0.6 is 11.3 Å². The molecule has 0 aliphatic rings. The molecule has 142 valence electrons. The van der Waals surface area contributed by atoms with Crippen LogP contribution in [0.25, 0.3) is 0 Å². The number of hydrogen-bond acceptors (Lipinski definition) is 4. The van der Waals surface area contributed by atoms with Gasteiger partial charge in [0.25, 0.3) is 10.0 Å². The van der Waals surface area contributed by atoms with Gasteiger partial charge in [-0.25, -0.2) is 8.42 Å². The van der Waals surface area contributed by atoms with Gasteiger partial charge in [-0.3, -0.25) is 4.79 Å². The molecule has 1 atom stereocenters. The number of thiophene rings is 1. The molecule has 1 N–H and O–H groups in total. The van der Waals surface area contributed by atoms with Crippen molar-refractivity contribution in [2.45, 2.75) is 43.4 Å². The zero-order chi connectivity index (χ0) is 19.0. The highest BCUT2D eigenvalue weighted by Crippen LogP contribution is 2.17. The quantitative estimate of drug-likeness (QED) is 0.672. The topological polar surface area (TPSA) is 66.5 Å². The number of rotatable bonds is 10. The van der Waals surface area contributed by atoms with Crippen LogP contribution in [0.15, 0.2) is 52.1 Å². The Morgan fingerprint density at radius 1 is 1.08 bits per heavy atom. The molecule has 0 bridgehead atoms. The smallest absolute Gasteiger partial charge is 0.250 e. The van der Waals surface area contributed by atoms with Gasteiger partial charge < -0.3 is 4.90 Å². The molecule has 0 saturated heterocycles. The second-order valence-electron chi connectivity index (χ2n) is 6.12. The first kappa shape index (κ1) is 20.6. The fourth-order valence-corrected chi connectivity index (χ4v) is 4.98. The van der Waals surface area contributed by atoms with Crippen molar-refractivity contribution in [1.82, 2.24) is 9.62 Å². The molecule has 26 heavy (non-hydrogen) atoms. The summed E-state index contributed by atoms with van der Waals surface area (Å²) in [6, 6.07) is 11.9. The molecule has 5 nitrogen and oxygen atoms in total. The van der Waals surface area contributed by atoms with Crippen molar-refractivity contribution >= 4 is 27.3 Å². The lowest BCUT2D eigenvalue weighted by Gasteiger charge is -2.27. The first-order valence-corrected chi connectivity index (χ1v) is 11.2. The Balaban J connectivity index is 2.27. The summed E-state index contributed by atoms with van der Waals surface area (Å²) < 4.78 is 28.2. The number of carbonyl (C=O) groups is 1. The number of benzene rings is 1. The Labute approximate surface area is 160 Å². The molecule has 1 heterocycles. The zero-order valence-electron chi connectivity index (χ0n) is 15.2. The third-order valence-corrected chi connectivity index (χ3v) is 6.81. The van der Waals surface area contributed by atoms with Crippen molar-refractivity contribution in [2.75, 3.05) is 13.1 Å². The summed E-state index contributed by atoms with van der Waals surface area (Å²) in [6.45, 7) is 5.27. The van der Waals surface area contributed by atoms with E-state index in [1.54, 1.807) is 22.4 Å². The highest BCUT2D eigenvalue weighted by Gasteiger charge is 2.29. The summed E-state index contributed by atoms with van der Waals surface area (Å²) in [4.78, 5) is 14.8. The van der Waals surface area contributed by atoms with E-state index in [0.717, 1.165) is 29.7 Å². The van der Waals surface area contributed by atoms with Crippen LogP contribution in [0.2, 0.25) is 0 Å². The SMILES string of the molecule is CCCN(CCC)C(=O)[C@@H](Cc1ccccc1)NS(=O)(=O)c1cccs1. The molecule has 2 aromatic rings. The fourth-order valence-electron chi connectivity index (χ4n) is 2.78. The molecule has 0 radical (unpaired) electrons. The fraction of sp³-hybridized carbons (Fsp3) is 0.421. The summed E-state index contributed by atoms with van der Waals surface area (Å²) >= 11 is 1.14. The minimum absolute atomic E-state index is 0.169. The van der Waals surface area contributed by atoms with Crippen molar-refractivity contribution in [3.8, 4) is 0 Å². The van der Waals surface area contributed by atoms with Gasteiger partial charge in [0.1, 0.15) is 10.3 Å². The lowest BCUT2D eigenvalue weighted by Crippen LogP contribution is -2.50. The number of nitrogens with one attached hydrogen (secondary N) is 1. The average Bonchev–Trinajstić information content (AvgIpc) is 3.17. The zero-order valence-corrected chi connectivity index (χ0v) is 16.9. The maximum Gasteiger partial charge on any atom is 0.250 e. The molecule has 0 unspecified atom stereocenters. The Morgan fingerprint density at radius 2 is 1.73 bits per heavy atom. The van der Waals surface area contributed by atoms with Gasteiger partial charge in [-0.05, 0) is 36.3 Å². The average molecular weight is 395 g/mol. The van der Waals surface area contributed by atoms with Crippen LogP contribution in [0.4, 0.5) is 0 Å². The molecular formula is C19H26N2O3S2. The molecule has 2 rings (SSSR count). The first-order valence-electron chi connectivity index (χ1n) is 8.86. The Hall–Kier alpha value is -1.70. The lowest BCUT2D eigenvalue weighted by atomic mass is 10.1. The number of sulfonamides is 1. The van der Waals surface area contributed by atoms with Crippen LogP contribution in [0.5, 0.6) is 0 Å². The molecule has 0 aliphatic heterocycles. The van der Waals surface area contributed by atoms with Gasteiger partial charge in [0, 0.05) is 13.1 Å². The van der Waals surface area contributed by atoms with E-state index >= 15 is 0 Å². The highest BCUT2D eigenvalue weighted by atomic mass is 32.2. The number of nitrogens with zero attached hydrogens (tertiary/aromatic N) is 1. The molecule has 0 aliphatic carbocycles. The molecule has 0 fully saturated rings. The van der Waals surface area contributed by atoms with Crippen molar-refractivity contribution in [3.63, 3.8) is 0 Å². The predicted octanol–water partition coefficient (Wildman–Crippen LogP) is 3.29. The van der Waals surface area contributed by atoms with Gasteiger partial charge in [0.2, 0.25) is 5.91 Å². The van der Waals surface area contributed by atoms with Crippen LogP contribution < -0.4 is 4.72 Å². The van der Waals surface area contributed by atoms with Gasteiger partial charge in [-0.15, -0.1) is 11.3 Å². The van der Waals surface area contributed by atoms with E-state index in [4.69, 9.17) is 0 Å². The van der Waals surface area contributed by atoms with Crippen LogP contribution in [0.3, 0.4) is 0 Å². The third-order valence-electron chi connectivity index (χ3n) is 3.94. The van der Waals surface area contributed by atoms with E-state index in [1.807, 2.05) is 44.2 Å². The summed E-state index contributed by atoms with van der Waals surface area (Å²) in [7, 11) is -3.72. The summed E-state index contributed by atoms with van der Waals surface area (Å²) in [5, 5.41) is 1.71. The number of carbonyl (C=O) groups excluding carboxylic acids is 1. The second kappa shape index (κ2) is 9.85. The van der Waals surface area contributed by atoms with E-state index in [1.165, 1.54) is 0 Å². The molecule has 0 spiro atoms. The van der Waals surface area contributed by atoms with Gasteiger partial charge in [-0.2, -0.15) is 4.72 Å². The number of hydrogen-bond donors (Lipinski definition) is 1. The van der Waals surface area contributed by atoms with Crippen LogP contribution in [0.1, 0.15) is 32.3 Å². The van der Waals surface area contributed by atoms with Gasteiger partial charge >= 0.3 is 0 Å².